The van der Waals surface area contributed by atoms with E-state index in [1.54, 1.807) is 52.4 Å². The molecule has 1 aromatic heterocycles. The van der Waals surface area contributed by atoms with Crippen molar-refractivity contribution in [3.8, 4) is 17.2 Å². The quantitative estimate of drug-likeness (QED) is 0.716. The molecule has 9 heteroatoms. The predicted octanol–water partition coefficient (Wildman–Crippen LogP) is 4.21. The molecule has 3 aromatic rings. The number of rotatable bonds is 3. The van der Waals surface area contributed by atoms with E-state index in [2.05, 4.69) is 20.0 Å². The topological polar surface area (TPSA) is 51.6 Å². The molecule has 29 heavy (non-hydrogen) atoms. The fourth-order valence-electron chi connectivity index (χ4n) is 3.13. The van der Waals surface area contributed by atoms with Crippen molar-refractivity contribution < 1.29 is 22.6 Å². The van der Waals surface area contributed by atoms with Gasteiger partial charge in [0.1, 0.15) is 5.82 Å². The second-order valence-corrected chi connectivity index (χ2v) is 6.31. The molecule has 0 aliphatic carbocycles. The van der Waals surface area contributed by atoms with Crippen LogP contribution in [0.2, 0.25) is 0 Å². The molecule has 0 unspecified atom stereocenters. The zero-order chi connectivity index (χ0) is 20.0. The third-order valence-corrected chi connectivity index (χ3v) is 4.37. The molecule has 0 saturated heterocycles. The standard InChI is InChI=1S/C20H13F3N4O2/c21-13-3-1-4-15(11-13)27-17(8-9-24-27)16-5-2-10-26(25-16)14-6-7-18-19(12-14)29-20(22,23)28-18/h1-12,25H. The number of ether oxygens (including phenoxy) is 2. The summed E-state index contributed by atoms with van der Waals surface area (Å²) >= 11 is 0. The highest BCUT2D eigenvalue weighted by Crippen LogP contribution is 2.43. The number of benzene rings is 2. The zero-order valence-corrected chi connectivity index (χ0v) is 14.7. The van der Waals surface area contributed by atoms with E-state index in [1.807, 2.05) is 6.08 Å². The number of allylic oxidation sites excluding steroid dienone is 2. The molecular weight excluding hydrogens is 385 g/mol. The Morgan fingerprint density at radius 2 is 1.83 bits per heavy atom. The largest absolute Gasteiger partial charge is 0.586 e. The van der Waals surface area contributed by atoms with E-state index in [9.17, 15) is 13.2 Å². The maximum Gasteiger partial charge on any atom is 0.586 e. The van der Waals surface area contributed by atoms with Crippen LogP contribution in [0.25, 0.3) is 11.4 Å². The second kappa shape index (κ2) is 6.33. The first-order chi connectivity index (χ1) is 14.0. The fraction of sp³-hybridized carbons (Fsp3) is 0.0500. The number of anilines is 1. The van der Waals surface area contributed by atoms with Gasteiger partial charge in [-0.3, -0.25) is 10.4 Å². The van der Waals surface area contributed by atoms with Gasteiger partial charge in [0.05, 0.1) is 29.0 Å². The number of nitrogens with one attached hydrogen (secondary N) is 1. The minimum Gasteiger partial charge on any atom is -0.395 e. The van der Waals surface area contributed by atoms with Crippen LogP contribution >= 0.6 is 0 Å². The van der Waals surface area contributed by atoms with E-state index >= 15 is 0 Å². The summed E-state index contributed by atoms with van der Waals surface area (Å²) in [6, 6.07) is 12.3. The fourth-order valence-corrected chi connectivity index (χ4v) is 3.13. The lowest BCUT2D eigenvalue weighted by atomic mass is 10.2. The molecule has 0 saturated carbocycles. The number of aromatic nitrogens is 2. The van der Waals surface area contributed by atoms with E-state index in [0.29, 0.717) is 22.8 Å². The molecule has 0 bridgehead atoms. The van der Waals surface area contributed by atoms with Crippen LogP contribution in [0.5, 0.6) is 11.5 Å². The first-order valence-corrected chi connectivity index (χ1v) is 8.63. The van der Waals surface area contributed by atoms with Crippen molar-refractivity contribution in [2.75, 3.05) is 5.01 Å². The Morgan fingerprint density at radius 1 is 0.966 bits per heavy atom. The molecule has 0 spiro atoms. The van der Waals surface area contributed by atoms with Gasteiger partial charge in [-0.25, -0.2) is 9.07 Å². The highest BCUT2D eigenvalue weighted by Gasteiger charge is 2.43. The minimum absolute atomic E-state index is 0.0281. The van der Waals surface area contributed by atoms with Gasteiger partial charge in [-0.1, -0.05) is 6.07 Å². The summed E-state index contributed by atoms with van der Waals surface area (Å²) in [5.74, 6) is -0.448. The normalized spacial score (nSPS) is 16.5. The van der Waals surface area contributed by atoms with Crippen LogP contribution in [0.4, 0.5) is 18.9 Å². The molecule has 3 heterocycles. The van der Waals surface area contributed by atoms with E-state index in [1.165, 1.54) is 24.3 Å². The van der Waals surface area contributed by atoms with Gasteiger partial charge in [0.2, 0.25) is 0 Å². The van der Waals surface area contributed by atoms with Crippen molar-refractivity contribution >= 4 is 11.4 Å². The summed E-state index contributed by atoms with van der Waals surface area (Å²) in [4.78, 5) is 0. The third kappa shape index (κ3) is 3.16. The van der Waals surface area contributed by atoms with Crippen LogP contribution in [-0.4, -0.2) is 16.1 Å². The van der Waals surface area contributed by atoms with Crippen molar-refractivity contribution in [3.05, 3.63) is 84.6 Å². The molecule has 2 aliphatic heterocycles. The van der Waals surface area contributed by atoms with Gasteiger partial charge in [-0.05, 0) is 48.6 Å². The predicted molar refractivity (Wildman–Crippen MR) is 98.9 cm³/mol. The minimum atomic E-state index is -3.67. The van der Waals surface area contributed by atoms with Crippen LogP contribution in [-0.2, 0) is 0 Å². The van der Waals surface area contributed by atoms with E-state index in [-0.39, 0.29) is 17.3 Å². The van der Waals surface area contributed by atoms with Crippen LogP contribution in [0.3, 0.4) is 0 Å². The van der Waals surface area contributed by atoms with Gasteiger partial charge < -0.3 is 9.47 Å². The second-order valence-electron chi connectivity index (χ2n) is 6.31. The van der Waals surface area contributed by atoms with E-state index < -0.39 is 6.29 Å². The van der Waals surface area contributed by atoms with E-state index in [4.69, 9.17) is 0 Å². The van der Waals surface area contributed by atoms with Crippen molar-refractivity contribution in [1.29, 1.82) is 0 Å². The Morgan fingerprint density at radius 3 is 2.69 bits per heavy atom. The summed E-state index contributed by atoms with van der Waals surface area (Å²) in [6.45, 7) is 0. The highest BCUT2D eigenvalue weighted by atomic mass is 19.3. The first kappa shape index (κ1) is 17.2. The lowest BCUT2D eigenvalue weighted by Gasteiger charge is -2.27. The number of hydrazine groups is 1. The Labute approximate surface area is 163 Å². The van der Waals surface area contributed by atoms with Crippen LogP contribution < -0.4 is 19.9 Å². The Balaban J connectivity index is 1.43. The average molecular weight is 398 g/mol. The molecule has 2 aromatic carbocycles. The van der Waals surface area contributed by atoms with Crippen molar-refractivity contribution in [2.45, 2.75) is 6.29 Å². The number of nitrogens with zero attached hydrogens (tertiary/aromatic N) is 3. The molecule has 0 radical (unpaired) electrons. The van der Waals surface area contributed by atoms with Crippen LogP contribution in [0.15, 0.2) is 73.1 Å². The summed E-state index contributed by atoms with van der Waals surface area (Å²) < 4.78 is 50.7. The Bertz CT molecular complexity index is 1160. The highest BCUT2D eigenvalue weighted by molar-refractivity contribution is 5.70. The van der Waals surface area contributed by atoms with Crippen molar-refractivity contribution in [3.63, 3.8) is 0 Å². The summed E-state index contributed by atoms with van der Waals surface area (Å²) in [5, 5.41) is 5.91. The summed E-state index contributed by atoms with van der Waals surface area (Å²) in [5.41, 5.74) is 5.68. The zero-order valence-electron chi connectivity index (χ0n) is 14.7. The molecule has 1 N–H and O–H groups in total. The Hall–Kier alpha value is -3.88. The number of hydrogen-bond acceptors (Lipinski definition) is 5. The SMILES string of the molecule is Fc1cccc(-n2nccc2C2=CC=CN(c3ccc4c(c3)OC(F)(F)O4)N2)c1. The lowest BCUT2D eigenvalue weighted by molar-refractivity contribution is -0.286. The van der Waals surface area contributed by atoms with Crippen LogP contribution in [0.1, 0.15) is 5.69 Å². The molecule has 6 nitrogen and oxygen atoms in total. The summed E-state index contributed by atoms with van der Waals surface area (Å²) in [6.07, 6.45) is 3.27. The van der Waals surface area contributed by atoms with E-state index in [0.717, 1.165) is 0 Å². The summed E-state index contributed by atoms with van der Waals surface area (Å²) in [7, 11) is 0. The van der Waals surface area contributed by atoms with Gasteiger partial charge in [0, 0.05) is 12.3 Å². The maximum absolute atomic E-state index is 13.6. The maximum atomic E-state index is 13.6. The number of hydrogen-bond donors (Lipinski definition) is 1. The first-order valence-electron chi connectivity index (χ1n) is 8.63. The lowest BCUT2D eigenvalue weighted by Crippen LogP contribution is -2.34. The molecule has 0 atom stereocenters. The average Bonchev–Trinajstić information content (AvgIpc) is 3.30. The van der Waals surface area contributed by atoms with Gasteiger partial charge in [0.25, 0.3) is 0 Å². The van der Waals surface area contributed by atoms with Gasteiger partial charge in [-0.2, -0.15) is 5.10 Å². The van der Waals surface area contributed by atoms with Gasteiger partial charge >= 0.3 is 6.29 Å². The van der Waals surface area contributed by atoms with Gasteiger partial charge in [-0.15, -0.1) is 8.78 Å². The third-order valence-electron chi connectivity index (χ3n) is 4.37. The molecular formula is C20H13F3N4O2. The molecule has 5 rings (SSSR count). The monoisotopic (exact) mass is 398 g/mol. The molecule has 2 aliphatic rings. The van der Waals surface area contributed by atoms with Crippen molar-refractivity contribution in [2.24, 2.45) is 0 Å². The molecule has 0 fully saturated rings. The molecule has 146 valence electrons. The van der Waals surface area contributed by atoms with Gasteiger partial charge in [0.15, 0.2) is 11.5 Å². The van der Waals surface area contributed by atoms with Crippen molar-refractivity contribution in [1.82, 2.24) is 15.2 Å². The number of alkyl halides is 2. The molecule has 0 amide bonds. The Kier molecular flexibility index (Phi) is 3.76. The smallest absolute Gasteiger partial charge is 0.395 e. The number of fused-ring (bicyclic) bond motifs is 1. The number of halogens is 3. The van der Waals surface area contributed by atoms with Crippen LogP contribution in [0, 0.1) is 5.82 Å².